The average Bonchev–Trinajstić information content (AvgIpc) is 2.94. The van der Waals surface area contributed by atoms with Gasteiger partial charge >= 0.3 is 0 Å². The van der Waals surface area contributed by atoms with E-state index in [1.54, 1.807) is 0 Å². The Hall–Kier alpha value is -2.50. The molecule has 0 fully saturated rings. The third-order valence-electron chi connectivity index (χ3n) is 2.12. The summed E-state index contributed by atoms with van der Waals surface area (Å²) in [6.07, 6.45) is 5.65. The Morgan fingerprint density at radius 2 is 1.33 bits per heavy atom. The molecule has 2 rings (SSSR count). The Bertz CT molecular complexity index is 504. The van der Waals surface area contributed by atoms with Crippen LogP contribution < -0.4 is 0 Å². The minimum Gasteiger partial charge on any atom is -0.504 e. The highest BCUT2D eigenvalue weighted by Crippen LogP contribution is 2.15. The van der Waals surface area contributed by atoms with Crippen LogP contribution in [0.3, 0.4) is 0 Å². The van der Waals surface area contributed by atoms with E-state index in [2.05, 4.69) is 9.98 Å². The second kappa shape index (κ2) is 5.72. The fraction of sp³-hybridized carbons (Fsp3) is 0.167. The van der Waals surface area contributed by atoms with Crippen LogP contribution in [-0.2, 0) is 0 Å². The minimum atomic E-state index is 0.0581. The van der Waals surface area contributed by atoms with Crippen molar-refractivity contribution in [3.8, 4) is 11.5 Å². The zero-order valence-electron chi connectivity index (χ0n) is 9.48. The van der Waals surface area contributed by atoms with E-state index in [1.165, 1.54) is 37.1 Å². The molecule has 0 radical (unpaired) electrons. The van der Waals surface area contributed by atoms with Gasteiger partial charge in [-0.25, -0.2) is 0 Å². The molecule has 0 amide bonds. The van der Waals surface area contributed by atoms with Crippen LogP contribution >= 0.6 is 0 Å². The summed E-state index contributed by atoms with van der Waals surface area (Å²) < 4.78 is 9.92. The predicted molar refractivity (Wildman–Crippen MR) is 65.7 cm³/mol. The van der Waals surface area contributed by atoms with Crippen LogP contribution in [0.1, 0.15) is 11.5 Å². The minimum absolute atomic E-state index is 0.0581. The molecule has 0 aliphatic rings. The van der Waals surface area contributed by atoms with Crippen molar-refractivity contribution in [3.63, 3.8) is 0 Å². The van der Waals surface area contributed by atoms with Crippen molar-refractivity contribution in [2.45, 2.75) is 0 Å². The molecular formula is C12H12N2O4. The van der Waals surface area contributed by atoms with Gasteiger partial charge in [0.05, 0.1) is 38.0 Å². The number of aromatic hydroxyl groups is 2. The lowest BCUT2D eigenvalue weighted by Crippen LogP contribution is -1.89. The molecule has 2 aromatic rings. The normalized spacial score (nSPS) is 11.8. The van der Waals surface area contributed by atoms with Gasteiger partial charge < -0.3 is 19.0 Å². The van der Waals surface area contributed by atoms with E-state index in [0.29, 0.717) is 24.6 Å². The fourth-order valence-corrected chi connectivity index (χ4v) is 1.23. The topological polar surface area (TPSA) is 91.5 Å². The summed E-state index contributed by atoms with van der Waals surface area (Å²) in [6, 6.07) is 2.89. The maximum atomic E-state index is 9.25. The SMILES string of the molecule is Oc1ccoc1C=NCCN=Cc1occc1O. The second-order valence-electron chi connectivity index (χ2n) is 3.41. The maximum absolute atomic E-state index is 9.25. The molecule has 6 nitrogen and oxygen atoms in total. The fourth-order valence-electron chi connectivity index (χ4n) is 1.23. The lowest BCUT2D eigenvalue weighted by molar-refractivity contribution is 0.455. The molecule has 0 saturated carbocycles. The molecule has 94 valence electrons. The molecule has 0 aliphatic heterocycles. The summed E-state index contributed by atoms with van der Waals surface area (Å²) in [6.45, 7) is 0.885. The second-order valence-corrected chi connectivity index (χ2v) is 3.41. The number of rotatable bonds is 5. The van der Waals surface area contributed by atoms with Crippen molar-refractivity contribution in [2.24, 2.45) is 9.98 Å². The molecule has 0 aliphatic carbocycles. The number of nitrogens with zero attached hydrogens (tertiary/aromatic N) is 2. The standard InChI is InChI=1S/C12H12N2O4/c15-9-1-5-17-11(9)7-13-3-4-14-8-12-10(16)2-6-18-12/h1-2,5-8,15-16H,3-4H2. The summed E-state index contributed by atoms with van der Waals surface area (Å²) in [5.74, 6) is 0.760. The van der Waals surface area contributed by atoms with Gasteiger partial charge in [0, 0.05) is 12.1 Å². The average molecular weight is 248 g/mol. The van der Waals surface area contributed by atoms with Gasteiger partial charge in [-0.3, -0.25) is 9.98 Å². The summed E-state index contributed by atoms with van der Waals surface area (Å²) in [5.41, 5.74) is 0. The number of hydrogen-bond acceptors (Lipinski definition) is 6. The van der Waals surface area contributed by atoms with Crippen LogP contribution in [0.4, 0.5) is 0 Å². The van der Waals surface area contributed by atoms with Gasteiger partial charge in [-0.2, -0.15) is 0 Å². The lowest BCUT2D eigenvalue weighted by Gasteiger charge is -1.90. The Balaban J connectivity index is 1.77. The third-order valence-corrected chi connectivity index (χ3v) is 2.12. The summed E-state index contributed by atoms with van der Waals surface area (Å²) >= 11 is 0. The molecule has 0 saturated heterocycles. The van der Waals surface area contributed by atoms with Gasteiger partial charge in [0.15, 0.2) is 23.0 Å². The molecule has 0 bridgehead atoms. The van der Waals surface area contributed by atoms with Crippen molar-refractivity contribution < 1.29 is 19.0 Å². The predicted octanol–water partition coefficient (Wildman–Crippen LogP) is 1.82. The van der Waals surface area contributed by atoms with Gasteiger partial charge in [0.2, 0.25) is 0 Å². The highest BCUT2D eigenvalue weighted by atomic mass is 16.4. The highest BCUT2D eigenvalue weighted by molar-refractivity contribution is 5.80. The highest BCUT2D eigenvalue weighted by Gasteiger charge is 2.00. The van der Waals surface area contributed by atoms with Crippen LogP contribution in [0.15, 0.2) is 43.5 Å². The molecule has 2 heterocycles. The van der Waals surface area contributed by atoms with Crippen molar-refractivity contribution in [2.75, 3.05) is 13.1 Å². The van der Waals surface area contributed by atoms with Gasteiger partial charge in [0.1, 0.15) is 0 Å². The first-order chi connectivity index (χ1) is 8.77. The van der Waals surface area contributed by atoms with E-state index in [4.69, 9.17) is 8.83 Å². The zero-order chi connectivity index (χ0) is 12.8. The summed E-state index contributed by atoms with van der Waals surface area (Å²) in [4.78, 5) is 8.06. The zero-order valence-corrected chi connectivity index (χ0v) is 9.48. The van der Waals surface area contributed by atoms with Crippen molar-refractivity contribution in [1.82, 2.24) is 0 Å². The van der Waals surface area contributed by atoms with E-state index in [9.17, 15) is 10.2 Å². The van der Waals surface area contributed by atoms with E-state index >= 15 is 0 Å². The van der Waals surface area contributed by atoms with Gasteiger partial charge in [-0.15, -0.1) is 0 Å². The molecule has 0 spiro atoms. The molecule has 0 atom stereocenters. The van der Waals surface area contributed by atoms with Crippen LogP contribution in [0.5, 0.6) is 11.5 Å². The Morgan fingerprint density at radius 3 is 1.67 bits per heavy atom. The lowest BCUT2D eigenvalue weighted by atomic mass is 10.4. The number of furan rings is 2. The summed E-state index contributed by atoms with van der Waals surface area (Å²) in [5, 5.41) is 18.5. The maximum Gasteiger partial charge on any atom is 0.185 e. The largest absolute Gasteiger partial charge is 0.504 e. The van der Waals surface area contributed by atoms with E-state index < -0.39 is 0 Å². The smallest absolute Gasteiger partial charge is 0.185 e. The number of aliphatic imine (C=N–C) groups is 2. The van der Waals surface area contributed by atoms with Crippen LogP contribution in [0.2, 0.25) is 0 Å². The Kier molecular flexibility index (Phi) is 3.80. The van der Waals surface area contributed by atoms with Gasteiger partial charge in [-0.1, -0.05) is 0 Å². The van der Waals surface area contributed by atoms with E-state index in [1.807, 2.05) is 0 Å². The summed E-state index contributed by atoms with van der Waals surface area (Å²) in [7, 11) is 0. The Labute approximate surface area is 103 Å². The Morgan fingerprint density at radius 1 is 0.889 bits per heavy atom. The van der Waals surface area contributed by atoms with Crippen molar-refractivity contribution >= 4 is 12.4 Å². The molecule has 2 N–H and O–H groups in total. The number of hydrogen-bond donors (Lipinski definition) is 2. The first-order valence-electron chi connectivity index (χ1n) is 5.30. The molecule has 2 aromatic heterocycles. The van der Waals surface area contributed by atoms with Crippen LogP contribution in [0.25, 0.3) is 0 Å². The van der Waals surface area contributed by atoms with Crippen molar-refractivity contribution in [1.29, 1.82) is 0 Å². The molecule has 18 heavy (non-hydrogen) atoms. The van der Waals surface area contributed by atoms with Gasteiger partial charge in [0.25, 0.3) is 0 Å². The first kappa shape index (κ1) is 12.0. The quantitative estimate of drug-likeness (QED) is 0.623. The molecule has 0 unspecified atom stereocenters. The first-order valence-corrected chi connectivity index (χ1v) is 5.30. The molecule has 0 aromatic carbocycles. The van der Waals surface area contributed by atoms with Crippen LogP contribution in [-0.4, -0.2) is 35.7 Å². The van der Waals surface area contributed by atoms with Gasteiger partial charge in [-0.05, 0) is 0 Å². The van der Waals surface area contributed by atoms with Crippen molar-refractivity contribution in [3.05, 3.63) is 36.2 Å². The third kappa shape index (κ3) is 3.00. The van der Waals surface area contributed by atoms with E-state index in [-0.39, 0.29) is 11.5 Å². The van der Waals surface area contributed by atoms with Crippen LogP contribution in [0, 0.1) is 0 Å². The van der Waals surface area contributed by atoms with E-state index in [0.717, 1.165) is 0 Å². The molecular weight excluding hydrogens is 236 g/mol. The monoisotopic (exact) mass is 248 g/mol. The molecule has 6 heteroatoms.